The Hall–Kier alpha value is -2.81. The minimum atomic E-state index is -0.206. The number of hydrogen-bond acceptors (Lipinski definition) is 2. The Balaban J connectivity index is 2.69. The topological polar surface area (TPSA) is 38.0 Å². The monoisotopic (exact) mass is 350 g/mol. The van der Waals surface area contributed by atoms with E-state index in [0.717, 1.165) is 52.8 Å². The van der Waals surface area contributed by atoms with E-state index in [2.05, 4.69) is 31.8 Å². The Morgan fingerprint density at radius 2 is 1.96 bits per heavy atom. The Bertz CT molecular complexity index is 819. The van der Waals surface area contributed by atoms with Gasteiger partial charge >= 0.3 is 0 Å². The van der Waals surface area contributed by atoms with Gasteiger partial charge in [0.15, 0.2) is 0 Å². The fourth-order valence-corrected chi connectivity index (χ4v) is 2.97. The molecule has 0 amide bonds. The SMILES string of the molecule is C=CN/C=C(CC)/C(=C\c1ccccc1N)c1ccc(F)cc1CCC. The molecule has 0 heterocycles. The Morgan fingerprint density at radius 3 is 2.62 bits per heavy atom. The van der Waals surface area contributed by atoms with Gasteiger partial charge in [-0.05, 0) is 71.2 Å². The number of halogens is 1. The van der Waals surface area contributed by atoms with Crippen LogP contribution in [0.5, 0.6) is 0 Å². The smallest absolute Gasteiger partial charge is 0.123 e. The van der Waals surface area contributed by atoms with Gasteiger partial charge in [0.1, 0.15) is 5.82 Å². The van der Waals surface area contributed by atoms with E-state index in [1.54, 1.807) is 12.3 Å². The van der Waals surface area contributed by atoms with Gasteiger partial charge < -0.3 is 11.1 Å². The molecule has 0 atom stereocenters. The van der Waals surface area contributed by atoms with Gasteiger partial charge in [-0.2, -0.15) is 0 Å². The number of nitrogens with one attached hydrogen (secondary N) is 1. The average molecular weight is 350 g/mol. The molecular weight excluding hydrogens is 323 g/mol. The van der Waals surface area contributed by atoms with Gasteiger partial charge in [0, 0.05) is 11.9 Å². The highest BCUT2D eigenvalue weighted by atomic mass is 19.1. The molecular formula is C23H27FN2. The van der Waals surface area contributed by atoms with Crippen LogP contribution in [0.1, 0.15) is 43.4 Å². The fourth-order valence-electron chi connectivity index (χ4n) is 2.97. The average Bonchev–Trinajstić information content (AvgIpc) is 2.63. The number of benzene rings is 2. The van der Waals surface area contributed by atoms with E-state index in [9.17, 15) is 4.39 Å². The first-order valence-electron chi connectivity index (χ1n) is 9.02. The summed E-state index contributed by atoms with van der Waals surface area (Å²) in [6, 6.07) is 12.8. The van der Waals surface area contributed by atoms with Crippen LogP contribution in [0.2, 0.25) is 0 Å². The Morgan fingerprint density at radius 1 is 1.19 bits per heavy atom. The maximum Gasteiger partial charge on any atom is 0.123 e. The molecule has 0 fully saturated rings. The minimum absolute atomic E-state index is 0.206. The molecule has 0 saturated heterocycles. The lowest BCUT2D eigenvalue weighted by Gasteiger charge is -2.17. The van der Waals surface area contributed by atoms with Crippen molar-refractivity contribution >= 4 is 17.3 Å². The molecule has 0 spiro atoms. The number of aryl methyl sites for hydroxylation is 1. The highest BCUT2D eigenvalue weighted by molar-refractivity contribution is 5.93. The van der Waals surface area contributed by atoms with Crippen molar-refractivity contribution in [2.75, 3.05) is 5.73 Å². The third kappa shape index (κ3) is 4.85. The van der Waals surface area contributed by atoms with Gasteiger partial charge in [-0.25, -0.2) is 4.39 Å². The zero-order chi connectivity index (χ0) is 18.9. The van der Waals surface area contributed by atoms with Gasteiger partial charge in [-0.15, -0.1) is 0 Å². The largest absolute Gasteiger partial charge is 0.398 e. The molecule has 0 aliphatic carbocycles. The van der Waals surface area contributed by atoms with Crippen LogP contribution in [-0.2, 0) is 6.42 Å². The quantitative estimate of drug-likeness (QED) is 0.352. The van der Waals surface area contributed by atoms with Crippen molar-refractivity contribution in [3.05, 3.63) is 89.5 Å². The lowest BCUT2D eigenvalue weighted by atomic mass is 9.89. The fraction of sp³-hybridized carbons (Fsp3) is 0.217. The summed E-state index contributed by atoms with van der Waals surface area (Å²) in [5.74, 6) is -0.206. The van der Waals surface area contributed by atoms with Crippen LogP contribution in [0.25, 0.3) is 11.6 Å². The molecule has 3 heteroatoms. The highest BCUT2D eigenvalue weighted by Crippen LogP contribution is 2.32. The normalized spacial score (nSPS) is 12.1. The van der Waals surface area contributed by atoms with E-state index in [0.29, 0.717) is 0 Å². The Labute approximate surface area is 155 Å². The predicted octanol–water partition coefficient (Wildman–Crippen LogP) is 5.93. The number of anilines is 1. The summed E-state index contributed by atoms with van der Waals surface area (Å²) in [7, 11) is 0. The lowest BCUT2D eigenvalue weighted by Crippen LogP contribution is -2.01. The maximum atomic E-state index is 13.8. The van der Waals surface area contributed by atoms with Crippen LogP contribution in [-0.4, -0.2) is 0 Å². The number of para-hydroxylation sites is 1. The molecule has 3 N–H and O–H groups in total. The van der Waals surface area contributed by atoms with Gasteiger partial charge in [0.05, 0.1) is 0 Å². The summed E-state index contributed by atoms with van der Waals surface area (Å²) in [5.41, 5.74) is 12.0. The molecule has 136 valence electrons. The van der Waals surface area contributed by atoms with Crippen molar-refractivity contribution in [2.24, 2.45) is 0 Å². The van der Waals surface area contributed by atoms with Crippen LogP contribution in [0.3, 0.4) is 0 Å². The number of hydrogen-bond donors (Lipinski definition) is 2. The second-order valence-electron chi connectivity index (χ2n) is 6.13. The first-order valence-corrected chi connectivity index (χ1v) is 9.02. The third-order valence-electron chi connectivity index (χ3n) is 4.27. The first-order chi connectivity index (χ1) is 12.6. The van der Waals surface area contributed by atoms with Crippen molar-refractivity contribution in [1.82, 2.24) is 5.32 Å². The maximum absolute atomic E-state index is 13.8. The van der Waals surface area contributed by atoms with E-state index >= 15 is 0 Å². The van der Waals surface area contributed by atoms with Gasteiger partial charge in [0.25, 0.3) is 0 Å². The molecule has 0 saturated carbocycles. The highest BCUT2D eigenvalue weighted by Gasteiger charge is 2.13. The molecule has 2 aromatic rings. The van der Waals surface area contributed by atoms with Crippen LogP contribution in [0.15, 0.2) is 67.0 Å². The minimum Gasteiger partial charge on any atom is -0.398 e. The second-order valence-corrected chi connectivity index (χ2v) is 6.13. The van der Waals surface area contributed by atoms with Gasteiger partial charge in [0.2, 0.25) is 0 Å². The number of rotatable bonds is 8. The number of nitrogens with two attached hydrogens (primary N) is 1. The molecule has 26 heavy (non-hydrogen) atoms. The van der Waals surface area contributed by atoms with E-state index in [-0.39, 0.29) is 5.82 Å². The third-order valence-corrected chi connectivity index (χ3v) is 4.27. The summed E-state index contributed by atoms with van der Waals surface area (Å²) < 4.78 is 13.8. The van der Waals surface area contributed by atoms with Crippen molar-refractivity contribution in [3.8, 4) is 0 Å². The van der Waals surface area contributed by atoms with Crippen molar-refractivity contribution in [2.45, 2.75) is 33.1 Å². The van der Waals surface area contributed by atoms with Crippen LogP contribution >= 0.6 is 0 Å². The lowest BCUT2D eigenvalue weighted by molar-refractivity contribution is 0.624. The van der Waals surface area contributed by atoms with Crippen molar-refractivity contribution < 1.29 is 4.39 Å². The summed E-state index contributed by atoms with van der Waals surface area (Å²) >= 11 is 0. The summed E-state index contributed by atoms with van der Waals surface area (Å²) in [5, 5.41) is 3.07. The predicted molar refractivity (Wildman–Crippen MR) is 111 cm³/mol. The van der Waals surface area contributed by atoms with Crippen molar-refractivity contribution in [1.29, 1.82) is 0 Å². The summed E-state index contributed by atoms with van der Waals surface area (Å²) in [4.78, 5) is 0. The Kier molecular flexibility index (Phi) is 7.22. The van der Waals surface area contributed by atoms with E-state index in [4.69, 9.17) is 5.73 Å². The van der Waals surface area contributed by atoms with Gasteiger partial charge in [-0.1, -0.05) is 51.1 Å². The second kappa shape index (κ2) is 9.62. The standard InChI is InChI=1S/C23H27FN2/c1-4-9-18-14-20(24)12-13-21(18)22(17(5-2)16-26-6-3)15-19-10-7-8-11-23(19)25/h6-8,10-16,26H,3-5,9,25H2,1-2H3/b17-16+,22-15+. The van der Waals surface area contributed by atoms with Crippen LogP contribution in [0.4, 0.5) is 10.1 Å². The molecule has 0 bridgehead atoms. The number of nitrogen functional groups attached to an aromatic ring is 1. The van der Waals surface area contributed by atoms with E-state index in [1.807, 2.05) is 36.5 Å². The first kappa shape index (κ1) is 19.5. The number of allylic oxidation sites excluding steroid dienone is 2. The molecule has 0 aliphatic heterocycles. The molecule has 0 unspecified atom stereocenters. The van der Waals surface area contributed by atoms with Crippen molar-refractivity contribution in [3.63, 3.8) is 0 Å². The molecule has 2 rings (SSSR count). The summed E-state index contributed by atoms with van der Waals surface area (Å²) in [6.07, 6.45) is 8.26. The van der Waals surface area contributed by atoms with Gasteiger partial charge in [-0.3, -0.25) is 0 Å². The zero-order valence-electron chi connectivity index (χ0n) is 15.6. The van der Waals surface area contributed by atoms with Crippen LogP contribution < -0.4 is 11.1 Å². The van der Waals surface area contributed by atoms with E-state index < -0.39 is 0 Å². The molecule has 0 aliphatic rings. The molecule has 2 nitrogen and oxygen atoms in total. The summed E-state index contributed by atoms with van der Waals surface area (Å²) in [6.45, 7) is 7.91. The van der Waals surface area contributed by atoms with E-state index in [1.165, 1.54) is 6.07 Å². The van der Waals surface area contributed by atoms with Crippen LogP contribution in [0, 0.1) is 5.82 Å². The zero-order valence-corrected chi connectivity index (χ0v) is 15.6. The molecule has 0 aromatic heterocycles. The molecule has 2 aromatic carbocycles. The molecule has 0 radical (unpaired) electrons.